The van der Waals surface area contributed by atoms with Gasteiger partial charge in [-0.05, 0) is 33.6 Å². The van der Waals surface area contributed by atoms with E-state index in [0.717, 1.165) is 5.56 Å². The Kier molecular flexibility index (Phi) is 3.72. The first-order valence-electron chi connectivity index (χ1n) is 5.22. The van der Waals surface area contributed by atoms with Crippen LogP contribution in [0.15, 0.2) is 47.5 Å². The molecule has 0 saturated heterocycles. The number of allylic oxidation sites excluding steroid dienone is 1. The van der Waals surface area contributed by atoms with Crippen LogP contribution in [0.3, 0.4) is 0 Å². The molecule has 1 heterocycles. The molecule has 0 aliphatic carbocycles. The van der Waals surface area contributed by atoms with E-state index in [0.29, 0.717) is 6.61 Å². The number of rotatable bonds is 3. The van der Waals surface area contributed by atoms with Gasteiger partial charge in [-0.15, -0.1) is 0 Å². The average molecular weight is 291 g/mol. The number of nitrogens with zero attached hydrogens (tertiary/aromatic N) is 2. The van der Waals surface area contributed by atoms with Crippen LogP contribution in [0.25, 0.3) is 0 Å². The molecular formula is C13H11BrN2O. The topological polar surface area (TPSA) is 45.4 Å². The number of ether oxygens (including phenoxy) is 1. The van der Waals surface area contributed by atoms with Crippen LogP contribution < -0.4 is 0 Å². The van der Waals surface area contributed by atoms with Crippen LogP contribution in [0.2, 0.25) is 0 Å². The summed E-state index contributed by atoms with van der Waals surface area (Å²) < 4.78 is 4.93. The minimum absolute atomic E-state index is 0.435. The summed E-state index contributed by atoms with van der Waals surface area (Å²) >= 11 is 3.43. The fourth-order valence-electron chi connectivity index (χ4n) is 1.52. The third kappa shape index (κ3) is 2.82. The van der Waals surface area contributed by atoms with Crippen LogP contribution in [0.4, 0.5) is 0 Å². The molecule has 1 aliphatic heterocycles. The molecule has 1 aliphatic rings. The van der Waals surface area contributed by atoms with E-state index in [-0.39, 0.29) is 0 Å². The highest BCUT2D eigenvalue weighted by Crippen LogP contribution is 2.31. The molecule has 0 saturated carbocycles. The number of nitriles is 1. The maximum Gasteiger partial charge on any atom is 0.178 e. The van der Waals surface area contributed by atoms with Gasteiger partial charge < -0.3 is 4.74 Å². The Bertz CT molecular complexity index is 478. The van der Waals surface area contributed by atoms with E-state index in [1.54, 1.807) is 18.4 Å². The van der Waals surface area contributed by atoms with Gasteiger partial charge in [0.2, 0.25) is 0 Å². The maximum atomic E-state index is 9.02. The van der Waals surface area contributed by atoms with E-state index >= 15 is 0 Å². The van der Waals surface area contributed by atoms with Crippen molar-refractivity contribution in [2.24, 2.45) is 4.99 Å². The zero-order valence-corrected chi connectivity index (χ0v) is 10.7. The first kappa shape index (κ1) is 12.0. The highest BCUT2D eigenvalue weighted by Gasteiger charge is 2.36. The van der Waals surface area contributed by atoms with Crippen molar-refractivity contribution < 1.29 is 4.74 Å². The van der Waals surface area contributed by atoms with Crippen molar-refractivity contribution in [2.75, 3.05) is 0 Å². The summed E-state index contributed by atoms with van der Waals surface area (Å²) in [6.07, 6.45) is 5.18. The van der Waals surface area contributed by atoms with Crippen molar-refractivity contribution >= 4 is 22.1 Å². The molecule has 0 spiro atoms. The first-order chi connectivity index (χ1) is 8.24. The lowest BCUT2D eigenvalue weighted by molar-refractivity contribution is 0.0451. The number of halogens is 1. The molecule has 4 heteroatoms. The second-order valence-corrected chi connectivity index (χ2v) is 4.90. The van der Waals surface area contributed by atoms with Gasteiger partial charge in [0.25, 0.3) is 0 Å². The van der Waals surface area contributed by atoms with Gasteiger partial charge in [0, 0.05) is 6.21 Å². The number of dihydropyridines is 1. The number of benzene rings is 1. The summed E-state index contributed by atoms with van der Waals surface area (Å²) in [5, 5.41) is 9.02. The molecule has 1 aromatic rings. The standard InChI is InChI=1S/C13H11BrN2O/c14-13(7-4-8-16-12(13)9-15)17-10-11-5-2-1-3-6-11/h1-8,12H,10H2. The SMILES string of the molecule is N#CC1N=CC=CC1(Br)OCc1ccccc1. The molecule has 0 amide bonds. The van der Waals surface area contributed by atoms with Crippen LogP contribution in [0.5, 0.6) is 0 Å². The van der Waals surface area contributed by atoms with Gasteiger partial charge in [0.15, 0.2) is 10.6 Å². The molecular weight excluding hydrogens is 280 g/mol. The smallest absolute Gasteiger partial charge is 0.178 e. The van der Waals surface area contributed by atoms with Crippen molar-refractivity contribution in [1.29, 1.82) is 5.26 Å². The van der Waals surface area contributed by atoms with Gasteiger partial charge in [-0.25, -0.2) is 0 Å². The molecule has 0 aromatic heterocycles. The molecule has 86 valence electrons. The summed E-state index contributed by atoms with van der Waals surface area (Å²) in [5.41, 5.74) is 1.06. The number of alkyl halides is 1. The van der Waals surface area contributed by atoms with Crippen LogP contribution in [-0.4, -0.2) is 16.8 Å². The van der Waals surface area contributed by atoms with Crippen molar-refractivity contribution in [3.8, 4) is 6.07 Å². The largest absolute Gasteiger partial charge is 0.352 e. The van der Waals surface area contributed by atoms with Gasteiger partial charge in [-0.1, -0.05) is 30.3 Å². The number of hydrogen-bond acceptors (Lipinski definition) is 3. The lowest BCUT2D eigenvalue weighted by Gasteiger charge is -2.28. The molecule has 3 nitrogen and oxygen atoms in total. The molecule has 0 bridgehead atoms. The van der Waals surface area contributed by atoms with Gasteiger partial charge in [-0.2, -0.15) is 5.26 Å². The number of hydrogen-bond donors (Lipinski definition) is 0. The predicted octanol–water partition coefficient (Wildman–Crippen LogP) is 2.83. The third-order valence-corrected chi connectivity index (χ3v) is 3.37. The Morgan fingerprint density at radius 3 is 2.88 bits per heavy atom. The Morgan fingerprint density at radius 1 is 1.41 bits per heavy atom. The molecule has 17 heavy (non-hydrogen) atoms. The van der Waals surface area contributed by atoms with Crippen molar-refractivity contribution in [3.05, 3.63) is 48.0 Å². The summed E-state index contributed by atoms with van der Waals surface area (Å²) in [6, 6.07) is 11.4. The zero-order chi connectivity index (χ0) is 12.1. The van der Waals surface area contributed by atoms with E-state index in [2.05, 4.69) is 27.0 Å². The van der Waals surface area contributed by atoms with Crippen LogP contribution in [-0.2, 0) is 11.3 Å². The Labute approximate surface area is 109 Å². The lowest BCUT2D eigenvalue weighted by Crippen LogP contribution is -2.36. The second kappa shape index (κ2) is 5.26. The Hall–Kier alpha value is -1.44. The molecule has 2 atom stereocenters. The summed E-state index contributed by atoms with van der Waals surface area (Å²) in [4.78, 5) is 4.07. The molecule has 0 N–H and O–H groups in total. The average Bonchev–Trinajstić information content (AvgIpc) is 2.38. The van der Waals surface area contributed by atoms with Crippen LogP contribution in [0.1, 0.15) is 5.56 Å². The monoisotopic (exact) mass is 290 g/mol. The van der Waals surface area contributed by atoms with Crippen molar-refractivity contribution in [3.63, 3.8) is 0 Å². The quantitative estimate of drug-likeness (QED) is 0.804. The van der Waals surface area contributed by atoms with Crippen LogP contribution >= 0.6 is 15.9 Å². The molecule has 1 aromatic carbocycles. The van der Waals surface area contributed by atoms with Crippen molar-refractivity contribution in [1.82, 2.24) is 0 Å². The van der Waals surface area contributed by atoms with Gasteiger partial charge in [-0.3, -0.25) is 4.99 Å². The Morgan fingerprint density at radius 2 is 2.18 bits per heavy atom. The summed E-state index contributed by atoms with van der Waals surface area (Å²) in [5.74, 6) is 0. The minimum Gasteiger partial charge on any atom is -0.352 e. The molecule has 2 rings (SSSR count). The molecule has 2 unspecified atom stereocenters. The van der Waals surface area contributed by atoms with Gasteiger partial charge >= 0.3 is 0 Å². The zero-order valence-electron chi connectivity index (χ0n) is 9.08. The minimum atomic E-state index is -0.827. The summed E-state index contributed by atoms with van der Waals surface area (Å²) in [6.45, 7) is 0.435. The third-order valence-electron chi connectivity index (χ3n) is 2.44. The van der Waals surface area contributed by atoms with Gasteiger partial charge in [0.05, 0.1) is 12.7 Å². The van der Waals surface area contributed by atoms with E-state index in [4.69, 9.17) is 10.00 Å². The lowest BCUT2D eigenvalue weighted by atomic mass is 10.1. The van der Waals surface area contributed by atoms with Gasteiger partial charge in [0.1, 0.15) is 0 Å². The Balaban J connectivity index is 2.05. The van der Waals surface area contributed by atoms with Crippen molar-refractivity contribution in [2.45, 2.75) is 17.2 Å². The predicted molar refractivity (Wildman–Crippen MR) is 69.9 cm³/mol. The highest BCUT2D eigenvalue weighted by atomic mass is 79.9. The highest BCUT2D eigenvalue weighted by molar-refractivity contribution is 9.10. The fraction of sp³-hybridized carbons (Fsp3) is 0.231. The molecule has 0 radical (unpaired) electrons. The fourth-order valence-corrected chi connectivity index (χ4v) is 2.01. The van der Waals surface area contributed by atoms with E-state index in [1.165, 1.54) is 0 Å². The normalized spacial score (nSPS) is 26.7. The van der Waals surface area contributed by atoms with E-state index in [1.807, 2.05) is 30.3 Å². The summed E-state index contributed by atoms with van der Waals surface area (Å²) in [7, 11) is 0. The second-order valence-electron chi connectivity index (χ2n) is 3.66. The first-order valence-corrected chi connectivity index (χ1v) is 6.01. The number of aliphatic imine (C=N–C) groups is 1. The maximum absolute atomic E-state index is 9.02. The van der Waals surface area contributed by atoms with E-state index < -0.39 is 10.6 Å². The van der Waals surface area contributed by atoms with E-state index in [9.17, 15) is 0 Å². The molecule has 0 fully saturated rings. The van der Waals surface area contributed by atoms with Crippen LogP contribution in [0, 0.1) is 11.3 Å².